The van der Waals surface area contributed by atoms with Crippen LogP contribution in [0.1, 0.15) is 0 Å². The molecule has 0 N–H and O–H groups in total. The van der Waals surface area contributed by atoms with Gasteiger partial charge in [0.2, 0.25) is 5.69 Å². The normalized spacial score (nSPS) is 11.8. The Morgan fingerprint density at radius 2 is 2.20 bits per heavy atom. The van der Waals surface area contributed by atoms with Gasteiger partial charge in [-0.15, -0.1) is 0 Å². The van der Waals surface area contributed by atoms with Crippen molar-refractivity contribution in [2.45, 2.75) is 32.4 Å². The summed E-state index contributed by atoms with van der Waals surface area (Å²) >= 11 is 6.07. The molecule has 0 atom stereocenters. The maximum atomic E-state index is 7.22. The van der Waals surface area contributed by atoms with E-state index < -0.39 is 8.07 Å². The van der Waals surface area contributed by atoms with Gasteiger partial charge in [-0.05, 0) is 12.1 Å². The summed E-state index contributed by atoms with van der Waals surface area (Å²) in [7, 11) is -1.07. The zero-order valence-corrected chi connectivity index (χ0v) is 13.7. The lowest BCUT2D eigenvalue weighted by Gasteiger charge is -2.15. The van der Waals surface area contributed by atoms with Crippen LogP contribution in [0.15, 0.2) is 18.5 Å². The van der Waals surface area contributed by atoms with Crippen molar-refractivity contribution in [2.75, 3.05) is 6.61 Å². The molecule has 4 nitrogen and oxygen atoms in total. The second-order valence-corrected chi connectivity index (χ2v) is 11.9. The second-order valence-electron chi connectivity index (χ2n) is 5.94. The van der Waals surface area contributed by atoms with Crippen molar-refractivity contribution in [3.8, 4) is 0 Å². The van der Waals surface area contributed by atoms with E-state index >= 15 is 0 Å². The van der Waals surface area contributed by atoms with E-state index in [0.717, 1.165) is 18.2 Å². The van der Waals surface area contributed by atoms with E-state index in [1.807, 2.05) is 10.6 Å². The van der Waals surface area contributed by atoms with Crippen molar-refractivity contribution < 1.29 is 4.74 Å². The van der Waals surface area contributed by atoms with Gasteiger partial charge in [0.25, 0.3) is 0 Å². The summed E-state index contributed by atoms with van der Waals surface area (Å²) in [5.41, 5.74) is 1.41. The van der Waals surface area contributed by atoms with Crippen molar-refractivity contribution >= 4 is 36.3 Å². The van der Waals surface area contributed by atoms with Gasteiger partial charge in [0.1, 0.15) is 11.9 Å². The molecule has 6 heteroatoms. The van der Waals surface area contributed by atoms with Crippen molar-refractivity contribution in [1.82, 2.24) is 9.55 Å². The molecule has 0 unspecified atom stereocenters. The molecule has 20 heavy (non-hydrogen) atoms. The highest BCUT2D eigenvalue weighted by Gasteiger charge is 2.14. The number of halogens is 1. The minimum Gasteiger partial charge on any atom is -0.361 e. The second kappa shape index (κ2) is 5.96. The van der Waals surface area contributed by atoms with E-state index in [9.17, 15) is 0 Å². The van der Waals surface area contributed by atoms with Gasteiger partial charge in [-0.3, -0.25) is 0 Å². The summed E-state index contributed by atoms with van der Waals surface area (Å²) in [6.07, 6.45) is 3.43. The average Bonchev–Trinajstić information content (AvgIpc) is 2.73. The Kier molecular flexibility index (Phi) is 4.48. The van der Waals surface area contributed by atoms with Crippen LogP contribution in [0, 0.1) is 6.57 Å². The molecule has 0 aliphatic rings. The van der Waals surface area contributed by atoms with Gasteiger partial charge in [0, 0.05) is 38.0 Å². The van der Waals surface area contributed by atoms with Gasteiger partial charge in [-0.25, -0.2) is 9.83 Å². The number of rotatable bonds is 5. The molecular weight excluding hydrogens is 290 g/mol. The molecule has 2 aromatic rings. The van der Waals surface area contributed by atoms with Gasteiger partial charge in [0.05, 0.1) is 6.57 Å². The van der Waals surface area contributed by atoms with Crippen molar-refractivity contribution in [3.63, 3.8) is 0 Å². The Balaban J connectivity index is 2.15. The Morgan fingerprint density at radius 1 is 1.45 bits per heavy atom. The van der Waals surface area contributed by atoms with Gasteiger partial charge in [-0.1, -0.05) is 31.2 Å². The topological polar surface area (TPSA) is 31.4 Å². The molecule has 2 aromatic heterocycles. The van der Waals surface area contributed by atoms with Crippen LogP contribution in [0.25, 0.3) is 15.7 Å². The standard InChI is InChI=1S/C14H18ClN3OSi/c1-16-11-9-18(10-19-7-8-20(2,3)4)12-5-6-17-14(15)13(11)12/h5-6,9H,7-8,10H2,2-4H3. The molecule has 106 valence electrons. The largest absolute Gasteiger partial charge is 0.361 e. The lowest BCUT2D eigenvalue weighted by molar-refractivity contribution is 0.0903. The third-order valence-corrected chi connectivity index (χ3v) is 5.06. The molecule has 0 bridgehead atoms. The molecule has 0 saturated carbocycles. The average molecular weight is 308 g/mol. The highest BCUT2D eigenvalue weighted by Crippen LogP contribution is 2.32. The minimum atomic E-state index is -1.07. The molecule has 0 fully saturated rings. The van der Waals surface area contributed by atoms with Crippen molar-refractivity contribution in [2.24, 2.45) is 0 Å². The number of hydrogen-bond acceptors (Lipinski definition) is 2. The fourth-order valence-electron chi connectivity index (χ4n) is 1.92. The summed E-state index contributed by atoms with van der Waals surface area (Å²) in [4.78, 5) is 7.54. The first-order valence-electron chi connectivity index (χ1n) is 6.51. The zero-order chi connectivity index (χ0) is 14.8. The highest BCUT2D eigenvalue weighted by atomic mass is 35.5. The smallest absolute Gasteiger partial charge is 0.215 e. The Bertz CT molecular complexity index is 655. The SMILES string of the molecule is [C-]#[N+]c1cn(COCC[Si](C)(C)C)c2ccnc(Cl)c12. The number of ether oxygens (including phenoxy) is 1. The zero-order valence-electron chi connectivity index (χ0n) is 12.0. The van der Waals surface area contributed by atoms with Crippen LogP contribution in [-0.2, 0) is 11.5 Å². The summed E-state index contributed by atoms with van der Waals surface area (Å²) in [6.45, 7) is 15.4. The number of pyridine rings is 1. The quantitative estimate of drug-likeness (QED) is 0.351. The van der Waals surface area contributed by atoms with E-state index in [0.29, 0.717) is 23.0 Å². The fraction of sp³-hybridized carbons (Fsp3) is 0.429. The minimum absolute atomic E-state index is 0.370. The summed E-state index contributed by atoms with van der Waals surface area (Å²) < 4.78 is 7.65. The van der Waals surface area contributed by atoms with E-state index in [-0.39, 0.29) is 0 Å². The molecule has 0 aromatic carbocycles. The Labute approximate surface area is 125 Å². The van der Waals surface area contributed by atoms with Crippen molar-refractivity contribution in [3.05, 3.63) is 35.0 Å². The van der Waals surface area contributed by atoms with Crippen LogP contribution in [0.2, 0.25) is 30.8 Å². The molecule has 0 aliphatic carbocycles. The van der Waals surface area contributed by atoms with Gasteiger partial charge < -0.3 is 9.30 Å². The van der Waals surface area contributed by atoms with Crippen LogP contribution in [-0.4, -0.2) is 24.2 Å². The predicted molar refractivity (Wildman–Crippen MR) is 85.1 cm³/mol. The summed E-state index contributed by atoms with van der Waals surface area (Å²) in [5.74, 6) is 0. The third-order valence-electron chi connectivity index (χ3n) is 3.07. The molecule has 0 amide bonds. The molecule has 2 heterocycles. The Morgan fingerprint density at radius 3 is 2.85 bits per heavy atom. The first kappa shape index (κ1) is 15.0. The van der Waals surface area contributed by atoms with Gasteiger partial charge in [-0.2, -0.15) is 0 Å². The first-order chi connectivity index (χ1) is 9.42. The summed E-state index contributed by atoms with van der Waals surface area (Å²) in [5, 5.41) is 1.08. The van der Waals surface area contributed by atoms with Crippen molar-refractivity contribution in [1.29, 1.82) is 0 Å². The van der Waals surface area contributed by atoms with Gasteiger partial charge in [0.15, 0.2) is 0 Å². The predicted octanol–water partition coefficient (Wildman–Crippen LogP) is 4.55. The van der Waals surface area contributed by atoms with E-state index in [2.05, 4.69) is 29.5 Å². The number of aromatic nitrogens is 2. The molecule has 0 aliphatic heterocycles. The lowest BCUT2D eigenvalue weighted by Crippen LogP contribution is -2.21. The van der Waals surface area contributed by atoms with Crippen LogP contribution in [0.4, 0.5) is 5.69 Å². The van der Waals surface area contributed by atoms with E-state index in [1.54, 1.807) is 12.4 Å². The first-order valence-corrected chi connectivity index (χ1v) is 10.6. The highest BCUT2D eigenvalue weighted by molar-refractivity contribution is 6.76. The number of hydrogen-bond donors (Lipinski definition) is 0. The monoisotopic (exact) mass is 307 g/mol. The maximum absolute atomic E-state index is 7.22. The van der Waals surface area contributed by atoms with Crippen LogP contribution in [0.5, 0.6) is 0 Å². The number of nitrogens with zero attached hydrogens (tertiary/aromatic N) is 3. The fourth-order valence-corrected chi connectivity index (χ4v) is 2.92. The molecular formula is C14H18ClN3OSi. The van der Waals surface area contributed by atoms with Crippen LogP contribution in [0.3, 0.4) is 0 Å². The van der Waals surface area contributed by atoms with Crippen LogP contribution >= 0.6 is 11.6 Å². The molecule has 2 rings (SSSR count). The van der Waals surface area contributed by atoms with Gasteiger partial charge >= 0.3 is 0 Å². The third kappa shape index (κ3) is 3.40. The maximum Gasteiger partial charge on any atom is 0.215 e. The Hall–Kier alpha value is -1.35. The molecule has 0 radical (unpaired) electrons. The van der Waals surface area contributed by atoms with E-state index in [4.69, 9.17) is 22.9 Å². The summed E-state index contributed by atoms with van der Waals surface area (Å²) in [6, 6.07) is 2.99. The van der Waals surface area contributed by atoms with Crippen LogP contribution < -0.4 is 0 Å². The molecule has 0 spiro atoms. The van der Waals surface area contributed by atoms with E-state index in [1.165, 1.54) is 0 Å². The lowest BCUT2D eigenvalue weighted by atomic mass is 10.3. The molecule has 0 saturated heterocycles. The number of fused-ring (bicyclic) bond motifs is 1.